The maximum absolute atomic E-state index is 13.7. The lowest BCUT2D eigenvalue weighted by Gasteiger charge is -2.39. The third kappa shape index (κ3) is 7.10. The van der Waals surface area contributed by atoms with E-state index in [1.165, 1.54) is 42.2 Å². The minimum absolute atomic E-state index is 0.117. The second kappa shape index (κ2) is 12.1. The molecule has 3 aromatic rings. The number of carbonyl (C=O) groups is 1. The molecule has 1 aliphatic heterocycles. The van der Waals surface area contributed by atoms with Gasteiger partial charge >= 0.3 is 12.4 Å². The summed E-state index contributed by atoms with van der Waals surface area (Å²) in [6.45, 7) is 2.06. The molecule has 230 valence electrons. The van der Waals surface area contributed by atoms with Gasteiger partial charge in [-0.05, 0) is 48.0 Å². The van der Waals surface area contributed by atoms with Crippen molar-refractivity contribution in [2.75, 3.05) is 42.4 Å². The number of carbonyl (C=O) groups excluding carboxylic acids is 1. The molecule has 0 N–H and O–H groups in total. The van der Waals surface area contributed by atoms with Crippen molar-refractivity contribution < 1.29 is 39.6 Å². The SMILES string of the molecule is CC(=O)N(C)CCN1CCN(S(=O)(=O)c2cccc(C(F)(F)F)c2)c2cc(/C=C/c3c(Cl)cccc3C(F)(F)F)ccc21. The molecule has 6 nitrogen and oxygen atoms in total. The van der Waals surface area contributed by atoms with Gasteiger partial charge in [-0.15, -0.1) is 0 Å². The smallest absolute Gasteiger partial charge is 0.366 e. The van der Waals surface area contributed by atoms with Gasteiger partial charge in [0, 0.05) is 44.2 Å². The Balaban J connectivity index is 1.79. The molecule has 1 aliphatic rings. The Bertz CT molecular complexity index is 1660. The van der Waals surface area contributed by atoms with Gasteiger partial charge in [-0.1, -0.05) is 42.0 Å². The van der Waals surface area contributed by atoms with Crippen LogP contribution in [-0.2, 0) is 27.2 Å². The van der Waals surface area contributed by atoms with Crippen molar-refractivity contribution in [1.29, 1.82) is 0 Å². The molecular formula is C29H26ClF6N3O3S. The number of alkyl halides is 6. The average molecular weight is 646 g/mol. The van der Waals surface area contributed by atoms with E-state index in [1.54, 1.807) is 19.2 Å². The molecule has 0 atom stereocenters. The molecule has 0 unspecified atom stereocenters. The molecule has 0 aliphatic carbocycles. The summed E-state index contributed by atoms with van der Waals surface area (Å²) < 4.78 is 109. The topological polar surface area (TPSA) is 60.9 Å². The zero-order valence-electron chi connectivity index (χ0n) is 22.9. The maximum Gasteiger partial charge on any atom is 0.417 e. The minimum atomic E-state index is -4.77. The Morgan fingerprint density at radius 2 is 1.63 bits per heavy atom. The highest BCUT2D eigenvalue weighted by molar-refractivity contribution is 7.92. The Hall–Kier alpha value is -3.71. The van der Waals surface area contributed by atoms with Crippen LogP contribution in [0.4, 0.5) is 37.7 Å². The highest BCUT2D eigenvalue weighted by Crippen LogP contribution is 2.40. The Morgan fingerprint density at radius 3 is 2.28 bits per heavy atom. The van der Waals surface area contributed by atoms with E-state index in [9.17, 15) is 39.6 Å². The van der Waals surface area contributed by atoms with Crippen molar-refractivity contribution in [3.63, 3.8) is 0 Å². The van der Waals surface area contributed by atoms with Gasteiger partial charge in [0.25, 0.3) is 10.0 Å². The van der Waals surface area contributed by atoms with Gasteiger partial charge in [0.05, 0.1) is 33.9 Å². The number of rotatable bonds is 7. The molecule has 43 heavy (non-hydrogen) atoms. The summed E-state index contributed by atoms with van der Waals surface area (Å²) in [6.07, 6.45) is -6.93. The summed E-state index contributed by atoms with van der Waals surface area (Å²) in [7, 11) is -2.89. The molecule has 1 amide bonds. The van der Waals surface area contributed by atoms with Gasteiger partial charge in [-0.25, -0.2) is 8.42 Å². The van der Waals surface area contributed by atoms with E-state index < -0.39 is 38.4 Å². The molecule has 3 aromatic carbocycles. The zero-order valence-corrected chi connectivity index (χ0v) is 24.4. The third-order valence-corrected chi connectivity index (χ3v) is 9.11. The lowest BCUT2D eigenvalue weighted by molar-refractivity contribution is -0.138. The lowest BCUT2D eigenvalue weighted by Crippen LogP contribution is -2.46. The second-order valence-electron chi connectivity index (χ2n) is 9.81. The van der Waals surface area contributed by atoms with E-state index in [4.69, 9.17) is 11.6 Å². The Labute approximate surface area is 249 Å². The molecule has 0 saturated heterocycles. The largest absolute Gasteiger partial charge is 0.417 e. The maximum atomic E-state index is 13.7. The number of hydrogen-bond acceptors (Lipinski definition) is 4. The number of likely N-dealkylation sites (N-methyl/N-ethyl adjacent to an activating group) is 1. The van der Waals surface area contributed by atoms with Gasteiger partial charge in [0.1, 0.15) is 0 Å². The van der Waals surface area contributed by atoms with Gasteiger partial charge in [0.15, 0.2) is 0 Å². The van der Waals surface area contributed by atoms with Crippen molar-refractivity contribution in [3.05, 3.63) is 87.9 Å². The van der Waals surface area contributed by atoms with E-state index >= 15 is 0 Å². The summed E-state index contributed by atoms with van der Waals surface area (Å²) >= 11 is 6.06. The van der Waals surface area contributed by atoms with Gasteiger partial charge in [-0.2, -0.15) is 26.3 Å². The minimum Gasteiger partial charge on any atom is -0.366 e. The molecule has 0 saturated carbocycles. The number of amides is 1. The van der Waals surface area contributed by atoms with Crippen LogP contribution in [0.1, 0.15) is 29.2 Å². The second-order valence-corrected chi connectivity index (χ2v) is 12.1. The summed E-state index contributed by atoms with van der Waals surface area (Å²) in [5, 5.41) is -0.140. The summed E-state index contributed by atoms with van der Waals surface area (Å²) in [5.74, 6) is -0.177. The zero-order chi connectivity index (χ0) is 31.7. The fraction of sp³-hybridized carbons (Fsp3) is 0.276. The van der Waals surface area contributed by atoms with Crippen molar-refractivity contribution >= 4 is 51.1 Å². The fourth-order valence-electron chi connectivity index (χ4n) is 4.57. The van der Waals surface area contributed by atoms with Gasteiger partial charge in [-0.3, -0.25) is 9.10 Å². The number of hydrogen-bond donors (Lipinski definition) is 0. The molecular weight excluding hydrogens is 620 g/mol. The summed E-state index contributed by atoms with van der Waals surface area (Å²) in [6, 6.07) is 11.4. The van der Waals surface area contributed by atoms with E-state index in [2.05, 4.69) is 0 Å². The normalized spacial score (nSPS) is 14.3. The predicted octanol–water partition coefficient (Wildman–Crippen LogP) is 7.04. The average Bonchev–Trinajstić information content (AvgIpc) is 2.93. The standard InChI is InChI=1S/C29H26ClF6N3O3S/c1-19(40)37(2)13-14-38-15-16-39(43(41,42)22-6-3-5-21(18-22)28(31,32)33)27-17-20(10-12-26(27)38)9-11-23-24(29(34,35)36)7-4-8-25(23)30/h3-12,17-18H,13-16H2,1-2H3/b11-9+. The molecule has 0 fully saturated rings. The van der Waals surface area contributed by atoms with Crippen molar-refractivity contribution in [2.24, 2.45) is 0 Å². The molecule has 0 aromatic heterocycles. The summed E-state index contributed by atoms with van der Waals surface area (Å²) in [5.41, 5.74) is -1.51. The molecule has 4 rings (SSSR count). The van der Waals surface area contributed by atoms with Crippen molar-refractivity contribution in [2.45, 2.75) is 24.2 Å². The number of fused-ring (bicyclic) bond motifs is 1. The molecule has 1 heterocycles. The van der Waals surface area contributed by atoms with Crippen LogP contribution in [0.25, 0.3) is 12.2 Å². The van der Waals surface area contributed by atoms with Crippen LogP contribution in [0.5, 0.6) is 0 Å². The van der Waals surface area contributed by atoms with Crippen LogP contribution in [0.15, 0.2) is 65.6 Å². The highest BCUT2D eigenvalue weighted by atomic mass is 35.5. The number of benzene rings is 3. The molecule has 14 heteroatoms. The first-order chi connectivity index (χ1) is 20.0. The van der Waals surface area contributed by atoms with E-state index in [0.717, 1.165) is 28.6 Å². The fourth-order valence-corrected chi connectivity index (χ4v) is 6.31. The summed E-state index contributed by atoms with van der Waals surface area (Å²) in [4.78, 5) is 14.4. The number of anilines is 2. The van der Waals surface area contributed by atoms with Crippen LogP contribution in [0, 0.1) is 0 Å². The van der Waals surface area contributed by atoms with E-state index in [-0.39, 0.29) is 35.3 Å². The Kier molecular flexibility index (Phi) is 9.08. The Morgan fingerprint density at radius 1 is 0.930 bits per heavy atom. The van der Waals surface area contributed by atoms with Crippen LogP contribution in [0.2, 0.25) is 5.02 Å². The quantitative estimate of drug-likeness (QED) is 0.204. The predicted molar refractivity (Wildman–Crippen MR) is 153 cm³/mol. The van der Waals surface area contributed by atoms with Crippen LogP contribution >= 0.6 is 11.6 Å². The number of nitrogens with zero attached hydrogens (tertiary/aromatic N) is 3. The number of sulfonamides is 1. The highest BCUT2D eigenvalue weighted by Gasteiger charge is 2.36. The molecule has 0 spiro atoms. The monoisotopic (exact) mass is 645 g/mol. The molecule has 0 bridgehead atoms. The van der Waals surface area contributed by atoms with Gasteiger partial charge < -0.3 is 9.80 Å². The van der Waals surface area contributed by atoms with Crippen LogP contribution < -0.4 is 9.21 Å². The van der Waals surface area contributed by atoms with Crippen LogP contribution in [-0.4, -0.2) is 52.5 Å². The van der Waals surface area contributed by atoms with E-state index in [1.807, 2.05) is 4.90 Å². The van der Waals surface area contributed by atoms with Crippen molar-refractivity contribution in [3.8, 4) is 0 Å². The third-order valence-electron chi connectivity index (χ3n) is 6.97. The first-order valence-electron chi connectivity index (χ1n) is 12.8. The first-order valence-corrected chi connectivity index (χ1v) is 14.7. The van der Waals surface area contributed by atoms with Crippen molar-refractivity contribution in [1.82, 2.24) is 4.90 Å². The van der Waals surface area contributed by atoms with Crippen LogP contribution in [0.3, 0.4) is 0 Å². The first kappa shape index (κ1) is 32.2. The van der Waals surface area contributed by atoms with Gasteiger partial charge in [0.2, 0.25) is 5.91 Å². The number of halogens is 7. The molecule has 0 radical (unpaired) electrons. The van der Waals surface area contributed by atoms with E-state index in [0.29, 0.717) is 30.4 Å². The lowest BCUT2D eigenvalue weighted by atomic mass is 10.0.